The van der Waals surface area contributed by atoms with E-state index in [0.29, 0.717) is 30.6 Å². The molecule has 2 aliphatic heterocycles. The predicted molar refractivity (Wildman–Crippen MR) is 90.8 cm³/mol. The molecule has 8 heteroatoms. The Morgan fingerprint density at radius 3 is 3.00 bits per heavy atom. The van der Waals surface area contributed by atoms with Crippen LogP contribution in [0.3, 0.4) is 0 Å². The number of benzene rings is 1. The van der Waals surface area contributed by atoms with Crippen molar-refractivity contribution >= 4 is 11.7 Å². The summed E-state index contributed by atoms with van der Waals surface area (Å²) in [7, 11) is 0. The van der Waals surface area contributed by atoms with E-state index < -0.39 is 0 Å². The molecular formula is C17H21N5O3. The summed E-state index contributed by atoms with van der Waals surface area (Å²) in [5.74, 6) is 1.78. The molecule has 1 N–H and O–H groups in total. The third kappa shape index (κ3) is 3.67. The molecule has 1 saturated heterocycles. The second-order valence-corrected chi connectivity index (χ2v) is 6.37. The number of nitrogens with zero attached hydrogens (tertiary/aromatic N) is 4. The van der Waals surface area contributed by atoms with Gasteiger partial charge in [-0.3, -0.25) is 4.68 Å². The number of rotatable bonds is 3. The van der Waals surface area contributed by atoms with Crippen LogP contribution in [0.5, 0.6) is 11.5 Å². The van der Waals surface area contributed by atoms with Crippen LogP contribution in [0.25, 0.3) is 0 Å². The minimum atomic E-state index is -0.0834. The lowest BCUT2D eigenvalue weighted by Gasteiger charge is -2.32. The summed E-state index contributed by atoms with van der Waals surface area (Å²) in [6.45, 7) is 3.36. The lowest BCUT2D eigenvalue weighted by molar-refractivity contribution is 0.168. The maximum atomic E-state index is 12.6. The molecule has 25 heavy (non-hydrogen) atoms. The first-order chi connectivity index (χ1) is 12.3. The molecule has 4 rings (SSSR count). The number of nitrogens with one attached hydrogen (secondary N) is 1. The molecule has 2 aromatic rings. The molecule has 1 aromatic carbocycles. The molecule has 132 valence electrons. The van der Waals surface area contributed by atoms with Crippen LogP contribution in [0.15, 0.2) is 30.6 Å². The normalized spacial score (nSPS) is 19.5. The van der Waals surface area contributed by atoms with Crippen molar-refractivity contribution in [2.75, 3.05) is 31.6 Å². The van der Waals surface area contributed by atoms with Crippen molar-refractivity contribution in [3.63, 3.8) is 0 Å². The summed E-state index contributed by atoms with van der Waals surface area (Å²) in [4.78, 5) is 14.5. The lowest BCUT2D eigenvalue weighted by atomic mass is 9.98. The van der Waals surface area contributed by atoms with E-state index >= 15 is 0 Å². The Morgan fingerprint density at radius 1 is 1.28 bits per heavy atom. The fraction of sp³-hybridized carbons (Fsp3) is 0.471. The minimum Gasteiger partial charge on any atom is -0.486 e. The number of likely N-dealkylation sites (tertiary alicyclic amines) is 1. The van der Waals surface area contributed by atoms with Crippen LogP contribution in [0.1, 0.15) is 12.8 Å². The minimum absolute atomic E-state index is 0.0834. The van der Waals surface area contributed by atoms with E-state index in [4.69, 9.17) is 9.47 Å². The molecule has 0 aliphatic carbocycles. The zero-order valence-electron chi connectivity index (χ0n) is 13.9. The monoisotopic (exact) mass is 343 g/mol. The number of ether oxygens (including phenoxy) is 2. The van der Waals surface area contributed by atoms with Gasteiger partial charge in [0.2, 0.25) is 0 Å². The molecule has 0 spiro atoms. The molecule has 3 heterocycles. The second-order valence-electron chi connectivity index (χ2n) is 6.37. The molecule has 1 fully saturated rings. The van der Waals surface area contributed by atoms with Crippen molar-refractivity contribution in [1.82, 2.24) is 19.9 Å². The first-order valence-electron chi connectivity index (χ1n) is 8.57. The molecule has 2 amide bonds. The quantitative estimate of drug-likeness (QED) is 0.922. The maximum Gasteiger partial charge on any atom is 0.321 e. The van der Waals surface area contributed by atoms with Crippen LogP contribution in [0, 0.1) is 5.92 Å². The molecule has 2 aliphatic rings. The van der Waals surface area contributed by atoms with Crippen LogP contribution in [-0.2, 0) is 6.54 Å². The number of hydrogen-bond donors (Lipinski definition) is 1. The first kappa shape index (κ1) is 15.7. The number of urea groups is 1. The molecular weight excluding hydrogens is 322 g/mol. The average molecular weight is 343 g/mol. The Balaban J connectivity index is 1.37. The van der Waals surface area contributed by atoms with Crippen LogP contribution < -0.4 is 14.8 Å². The summed E-state index contributed by atoms with van der Waals surface area (Å²) in [6, 6.07) is 5.39. The number of carbonyl (C=O) groups is 1. The second kappa shape index (κ2) is 7.00. The molecule has 1 atom stereocenters. The van der Waals surface area contributed by atoms with Gasteiger partial charge in [0.25, 0.3) is 0 Å². The third-order valence-corrected chi connectivity index (χ3v) is 4.52. The van der Waals surface area contributed by atoms with Gasteiger partial charge in [-0.15, -0.1) is 5.10 Å². The van der Waals surface area contributed by atoms with Crippen molar-refractivity contribution in [3.05, 3.63) is 30.6 Å². The Hall–Kier alpha value is -2.77. The molecule has 0 radical (unpaired) electrons. The Bertz CT molecular complexity index is 734. The highest BCUT2D eigenvalue weighted by Crippen LogP contribution is 2.32. The lowest BCUT2D eigenvalue weighted by Crippen LogP contribution is -2.43. The molecule has 1 aromatic heterocycles. The molecule has 1 unspecified atom stereocenters. The summed E-state index contributed by atoms with van der Waals surface area (Å²) in [6.07, 6.45) is 5.62. The average Bonchev–Trinajstić information content (AvgIpc) is 3.15. The van der Waals surface area contributed by atoms with Gasteiger partial charge in [0.15, 0.2) is 11.5 Å². The zero-order valence-corrected chi connectivity index (χ0v) is 13.9. The summed E-state index contributed by atoms with van der Waals surface area (Å²) >= 11 is 0. The Morgan fingerprint density at radius 2 is 2.16 bits per heavy atom. The highest BCUT2D eigenvalue weighted by Gasteiger charge is 2.24. The van der Waals surface area contributed by atoms with Crippen molar-refractivity contribution in [2.24, 2.45) is 5.92 Å². The van der Waals surface area contributed by atoms with E-state index in [9.17, 15) is 4.79 Å². The number of fused-ring (bicyclic) bond motifs is 1. The fourth-order valence-electron chi connectivity index (χ4n) is 3.32. The topological polar surface area (TPSA) is 81.5 Å². The molecule has 0 bridgehead atoms. The summed E-state index contributed by atoms with van der Waals surface area (Å²) < 4.78 is 12.9. The largest absolute Gasteiger partial charge is 0.486 e. The van der Waals surface area contributed by atoms with E-state index in [2.05, 4.69) is 15.6 Å². The number of hydrogen-bond acceptors (Lipinski definition) is 5. The van der Waals surface area contributed by atoms with Crippen LogP contribution in [0.4, 0.5) is 10.5 Å². The van der Waals surface area contributed by atoms with Crippen molar-refractivity contribution in [3.8, 4) is 11.5 Å². The van der Waals surface area contributed by atoms with Crippen LogP contribution in [0.2, 0.25) is 0 Å². The van der Waals surface area contributed by atoms with E-state index in [1.54, 1.807) is 6.20 Å². The number of carbonyl (C=O) groups excluding carboxylic acids is 1. The van der Waals surface area contributed by atoms with Gasteiger partial charge in [-0.05, 0) is 30.9 Å². The van der Waals surface area contributed by atoms with Crippen molar-refractivity contribution in [2.45, 2.75) is 19.4 Å². The first-order valence-corrected chi connectivity index (χ1v) is 8.57. The van der Waals surface area contributed by atoms with E-state index in [1.165, 1.54) is 0 Å². The van der Waals surface area contributed by atoms with Crippen molar-refractivity contribution in [1.29, 1.82) is 0 Å². The van der Waals surface area contributed by atoms with Gasteiger partial charge < -0.3 is 19.7 Å². The smallest absolute Gasteiger partial charge is 0.321 e. The van der Waals surface area contributed by atoms with Gasteiger partial charge >= 0.3 is 6.03 Å². The maximum absolute atomic E-state index is 12.6. The number of amides is 2. The van der Waals surface area contributed by atoms with E-state index in [-0.39, 0.29) is 6.03 Å². The van der Waals surface area contributed by atoms with Gasteiger partial charge in [0.1, 0.15) is 13.2 Å². The van der Waals surface area contributed by atoms with E-state index in [0.717, 1.165) is 38.2 Å². The molecule has 8 nitrogen and oxygen atoms in total. The zero-order chi connectivity index (χ0) is 17.1. The van der Waals surface area contributed by atoms with Crippen LogP contribution >= 0.6 is 0 Å². The predicted octanol–water partition coefficient (Wildman–Crippen LogP) is 1.99. The standard InChI is InChI=1S/C17H21N5O3/c23-17(19-14-3-4-15-16(10-14)25-9-8-24-15)21-6-1-2-13(11-21)12-22-7-5-18-20-22/h3-5,7,10,13H,1-2,6,8-9,11-12H2,(H,19,23). The van der Waals surface area contributed by atoms with Gasteiger partial charge in [-0.25, -0.2) is 4.79 Å². The van der Waals surface area contributed by atoms with Gasteiger partial charge in [0, 0.05) is 37.6 Å². The summed E-state index contributed by atoms with van der Waals surface area (Å²) in [5.41, 5.74) is 0.715. The summed E-state index contributed by atoms with van der Waals surface area (Å²) in [5, 5.41) is 10.8. The Labute approximate surface area is 145 Å². The van der Waals surface area contributed by atoms with Crippen LogP contribution in [-0.4, -0.2) is 52.2 Å². The van der Waals surface area contributed by atoms with Gasteiger partial charge in [0.05, 0.1) is 6.20 Å². The van der Waals surface area contributed by atoms with Gasteiger partial charge in [-0.2, -0.15) is 0 Å². The number of piperidine rings is 1. The Kier molecular flexibility index (Phi) is 4.41. The highest BCUT2D eigenvalue weighted by atomic mass is 16.6. The highest BCUT2D eigenvalue weighted by molar-refractivity contribution is 5.89. The SMILES string of the molecule is O=C(Nc1ccc2c(c1)OCCO2)N1CCCC(Cn2ccnn2)C1. The molecule has 0 saturated carbocycles. The fourth-order valence-corrected chi connectivity index (χ4v) is 3.32. The number of aromatic nitrogens is 3. The van der Waals surface area contributed by atoms with Gasteiger partial charge in [-0.1, -0.05) is 5.21 Å². The number of anilines is 1. The van der Waals surface area contributed by atoms with E-state index in [1.807, 2.05) is 34.0 Å². The van der Waals surface area contributed by atoms with Crippen molar-refractivity contribution < 1.29 is 14.3 Å². The third-order valence-electron chi connectivity index (χ3n) is 4.52.